The van der Waals surface area contributed by atoms with E-state index in [1.54, 1.807) is 11.8 Å². The first-order valence-corrected chi connectivity index (χ1v) is 7.65. The third kappa shape index (κ3) is 3.42. The summed E-state index contributed by atoms with van der Waals surface area (Å²) in [5.41, 5.74) is 2.13. The zero-order chi connectivity index (χ0) is 13.1. The monoisotopic (exact) mass is 282 g/mol. The topological polar surface area (TPSA) is 24.4 Å². The molecular weight excluding hydrogens is 264 g/mol. The van der Waals surface area contributed by atoms with Crippen LogP contribution in [0.25, 0.3) is 0 Å². The molecule has 0 saturated carbocycles. The summed E-state index contributed by atoms with van der Waals surface area (Å²) in [7, 11) is 0. The molecule has 1 aliphatic heterocycles. The van der Waals surface area contributed by atoms with Gasteiger partial charge in [-0.3, -0.25) is 4.99 Å². The van der Waals surface area contributed by atoms with Crippen molar-refractivity contribution in [3.8, 4) is 0 Å². The van der Waals surface area contributed by atoms with Crippen molar-refractivity contribution in [2.24, 2.45) is 10.9 Å². The average Bonchev–Trinajstić information content (AvgIpc) is 2.70. The molecule has 1 heterocycles. The Bertz CT molecular complexity index is 437. The van der Waals surface area contributed by atoms with E-state index in [9.17, 15) is 0 Å². The summed E-state index contributed by atoms with van der Waals surface area (Å²) in [4.78, 5) is 4.72. The summed E-state index contributed by atoms with van der Waals surface area (Å²) in [6, 6.07) is 6.37. The van der Waals surface area contributed by atoms with Gasteiger partial charge < -0.3 is 5.32 Å². The van der Waals surface area contributed by atoms with Crippen LogP contribution in [0.15, 0.2) is 23.2 Å². The SMILES string of the molecule is Cc1cccc(Cl)c1NC1=NC(CC(C)C)CS1. The second-order valence-corrected chi connectivity index (χ2v) is 6.50. The Hall–Kier alpha value is -0.670. The molecule has 0 aromatic heterocycles. The second-order valence-electron chi connectivity index (χ2n) is 5.09. The minimum absolute atomic E-state index is 0.445. The van der Waals surface area contributed by atoms with Gasteiger partial charge in [0.25, 0.3) is 0 Å². The smallest absolute Gasteiger partial charge is 0.161 e. The number of anilines is 1. The molecule has 0 spiro atoms. The first-order valence-electron chi connectivity index (χ1n) is 6.29. The maximum atomic E-state index is 6.20. The molecule has 1 aliphatic rings. The van der Waals surface area contributed by atoms with Crippen LogP contribution < -0.4 is 5.32 Å². The number of para-hydroxylation sites is 1. The molecule has 0 amide bonds. The highest BCUT2D eigenvalue weighted by Crippen LogP contribution is 2.29. The normalized spacial score (nSPS) is 19.2. The van der Waals surface area contributed by atoms with Crippen LogP contribution >= 0.6 is 23.4 Å². The molecule has 0 saturated heterocycles. The summed E-state index contributed by atoms with van der Waals surface area (Å²) < 4.78 is 0. The Morgan fingerprint density at radius 3 is 2.94 bits per heavy atom. The van der Waals surface area contributed by atoms with Crippen molar-refractivity contribution in [1.29, 1.82) is 0 Å². The molecule has 2 rings (SSSR count). The molecular formula is C14H19ClN2S. The van der Waals surface area contributed by atoms with Crippen molar-refractivity contribution < 1.29 is 0 Å². The predicted octanol–water partition coefficient (Wildman–Crippen LogP) is 4.58. The summed E-state index contributed by atoms with van der Waals surface area (Å²) in [6.45, 7) is 6.54. The van der Waals surface area contributed by atoms with Gasteiger partial charge in [0.2, 0.25) is 0 Å². The average molecular weight is 283 g/mol. The van der Waals surface area contributed by atoms with Gasteiger partial charge in [0.05, 0.1) is 16.8 Å². The van der Waals surface area contributed by atoms with Crippen molar-refractivity contribution in [1.82, 2.24) is 0 Å². The van der Waals surface area contributed by atoms with E-state index in [4.69, 9.17) is 16.6 Å². The highest BCUT2D eigenvalue weighted by Gasteiger charge is 2.20. The van der Waals surface area contributed by atoms with Gasteiger partial charge >= 0.3 is 0 Å². The maximum absolute atomic E-state index is 6.20. The van der Waals surface area contributed by atoms with Crippen molar-refractivity contribution in [3.63, 3.8) is 0 Å². The van der Waals surface area contributed by atoms with Crippen LogP contribution in [0, 0.1) is 12.8 Å². The number of hydrogen-bond acceptors (Lipinski definition) is 3. The number of nitrogens with zero attached hydrogens (tertiary/aromatic N) is 1. The highest BCUT2D eigenvalue weighted by molar-refractivity contribution is 8.14. The Morgan fingerprint density at radius 2 is 2.28 bits per heavy atom. The Balaban J connectivity index is 2.06. The van der Waals surface area contributed by atoms with Crippen LogP contribution in [0.1, 0.15) is 25.8 Å². The molecule has 4 heteroatoms. The zero-order valence-electron chi connectivity index (χ0n) is 11.0. The Morgan fingerprint density at radius 1 is 1.50 bits per heavy atom. The van der Waals surface area contributed by atoms with E-state index in [0.717, 1.165) is 33.6 Å². The minimum Gasteiger partial charge on any atom is -0.334 e. The largest absolute Gasteiger partial charge is 0.334 e. The van der Waals surface area contributed by atoms with Crippen molar-refractivity contribution >= 4 is 34.2 Å². The van der Waals surface area contributed by atoms with Gasteiger partial charge in [-0.2, -0.15) is 0 Å². The number of halogens is 1. The zero-order valence-corrected chi connectivity index (χ0v) is 12.6. The molecule has 98 valence electrons. The van der Waals surface area contributed by atoms with E-state index in [1.165, 1.54) is 0 Å². The van der Waals surface area contributed by atoms with Gasteiger partial charge in [-0.15, -0.1) is 0 Å². The van der Waals surface area contributed by atoms with Gasteiger partial charge in [-0.25, -0.2) is 0 Å². The quantitative estimate of drug-likeness (QED) is 0.878. The van der Waals surface area contributed by atoms with Gasteiger partial charge in [0.15, 0.2) is 5.17 Å². The third-order valence-electron chi connectivity index (χ3n) is 2.91. The van der Waals surface area contributed by atoms with Gasteiger partial charge in [-0.05, 0) is 30.9 Å². The van der Waals surface area contributed by atoms with Gasteiger partial charge in [-0.1, -0.05) is 49.3 Å². The first-order chi connectivity index (χ1) is 8.56. The number of aryl methyl sites for hydroxylation is 1. The lowest BCUT2D eigenvalue weighted by Crippen LogP contribution is -2.08. The van der Waals surface area contributed by atoms with E-state index >= 15 is 0 Å². The van der Waals surface area contributed by atoms with Crippen molar-refractivity contribution in [2.45, 2.75) is 33.2 Å². The molecule has 1 aromatic carbocycles. The molecule has 2 nitrogen and oxygen atoms in total. The molecule has 18 heavy (non-hydrogen) atoms. The van der Waals surface area contributed by atoms with Gasteiger partial charge in [0, 0.05) is 5.75 Å². The number of thioether (sulfide) groups is 1. The number of nitrogens with one attached hydrogen (secondary N) is 1. The Kier molecular flexibility index (Phi) is 4.57. The fourth-order valence-electron chi connectivity index (χ4n) is 2.05. The lowest BCUT2D eigenvalue weighted by atomic mass is 10.1. The molecule has 0 fully saturated rings. The number of hydrogen-bond donors (Lipinski definition) is 1. The third-order valence-corrected chi connectivity index (χ3v) is 4.26. The first kappa shape index (κ1) is 13.8. The van der Waals surface area contributed by atoms with Crippen molar-refractivity contribution in [3.05, 3.63) is 28.8 Å². The highest BCUT2D eigenvalue weighted by atomic mass is 35.5. The summed E-state index contributed by atoms with van der Waals surface area (Å²) >= 11 is 7.99. The lowest BCUT2D eigenvalue weighted by Gasteiger charge is -2.10. The van der Waals surface area contributed by atoms with Crippen LogP contribution in [0.5, 0.6) is 0 Å². The standard InChI is InChI=1S/C14H19ClN2S/c1-9(2)7-11-8-18-14(16-11)17-13-10(3)5-4-6-12(13)15/h4-6,9,11H,7-8H2,1-3H3,(H,16,17). The fraction of sp³-hybridized carbons (Fsp3) is 0.500. The molecule has 1 atom stereocenters. The molecule has 1 N–H and O–H groups in total. The number of aliphatic imine (C=N–C) groups is 1. The number of benzene rings is 1. The van der Waals surface area contributed by atoms with E-state index in [1.807, 2.05) is 12.1 Å². The fourth-order valence-corrected chi connectivity index (χ4v) is 3.27. The summed E-state index contributed by atoms with van der Waals surface area (Å²) in [6.07, 6.45) is 1.15. The minimum atomic E-state index is 0.445. The molecule has 0 radical (unpaired) electrons. The molecule has 1 aromatic rings. The lowest BCUT2D eigenvalue weighted by molar-refractivity contribution is 0.529. The second kappa shape index (κ2) is 5.98. The number of rotatable bonds is 3. The van der Waals surface area contributed by atoms with Gasteiger partial charge in [0.1, 0.15) is 0 Å². The molecule has 0 bridgehead atoms. The summed E-state index contributed by atoms with van der Waals surface area (Å²) in [5, 5.41) is 5.11. The van der Waals surface area contributed by atoms with Crippen LogP contribution in [0.4, 0.5) is 5.69 Å². The van der Waals surface area contributed by atoms with Crippen molar-refractivity contribution in [2.75, 3.05) is 11.1 Å². The van der Waals surface area contributed by atoms with E-state index in [2.05, 4.69) is 32.2 Å². The van der Waals surface area contributed by atoms with Crippen LogP contribution in [-0.4, -0.2) is 17.0 Å². The number of amidine groups is 1. The summed E-state index contributed by atoms with van der Waals surface area (Å²) in [5.74, 6) is 1.77. The molecule has 0 aliphatic carbocycles. The van der Waals surface area contributed by atoms with Crippen LogP contribution in [-0.2, 0) is 0 Å². The van der Waals surface area contributed by atoms with E-state index in [0.29, 0.717) is 12.0 Å². The van der Waals surface area contributed by atoms with Crippen LogP contribution in [0.3, 0.4) is 0 Å². The Labute approximate surface area is 118 Å². The van der Waals surface area contributed by atoms with E-state index in [-0.39, 0.29) is 0 Å². The van der Waals surface area contributed by atoms with E-state index < -0.39 is 0 Å². The predicted molar refractivity (Wildman–Crippen MR) is 82.9 cm³/mol. The van der Waals surface area contributed by atoms with Crippen LogP contribution in [0.2, 0.25) is 5.02 Å². The maximum Gasteiger partial charge on any atom is 0.161 e. The molecule has 1 unspecified atom stereocenters.